The molecule has 0 fully saturated rings. The van der Waals surface area contributed by atoms with Gasteiger partial charge in [-0.1, -0.05) is 31.2 Å². The van der Waals surface area contributed by atoms with Gasteiger partial charge >= 0.3 is 0 Å². The van der Waals surface area contributed by atoms with Crippen molar-refractivity contribution < 1.29 is 9.47 Å². The lowest BCUT2D eigenvalue weighted by molar-refractivity contribution is 0.171. The summed E-state index contributed by atoms with van der Waals surface area (Å²) in [5, 5.41) is 3.56. The molecule has 2 aromatic rings. The number of halogens is 1. The van der Waals surface area contributed by atoms with E-state index in [1.165, 1.54) is 14.7 Å². The van der Waals surface area contributed by atoms with Gasteiger partial charge in [0.15, 0.2) is 11.5 Å². The van der Waals surface area contributed by atoms with E-state index in [4.69, 9.17) is 9.47 Å². The maximum Gasteiger partial charge on any atom is 0.161 e. The van der Waals surface area contributed by atoms with Crippen LogP contribution in [-0.4, -0.2) is 19.8 Å². The molecule has 3 nitrogen and oxygen atoms in total. The summed E-state index contributed by atoms with van der Waals surface area (Å²) in [6.45, 7) is 4.27. The van der Waals surface area contributed by atoms with Gasteiger partial charge in [-0.25, -0.2) is 0 Å². The van der Waals surface area contributed by atoms with Crippen LogP contribution in [0.5, 0.6) is 11.5 Å². The zero-order chi connectivity index (χ0) is 14.7. The van der Waals surface area contributed by atoms with Crippen molar-refractivity contribution in [3.63, 3.8) is 0 Å². The Morgan fingerprint density at radius 2 is 1.86 bits per heavy atom. The number of rotatable bonds is 4. The molecule has 2 aromatic carbocycles. The number of hydrogen-bond donors (Lipinski definition) is 1. The van der Waals surface area contributed by atoms with Gasteiger partial charge in [0.05, 0.1) is 6.04 Å². The molecule has 21 heavy (non-hydrogen) atoms. The van der Waals surface area contributed by atoms with E-state index in [1.807, 2.05) is 6.07 Å². The predicted molar refractivity (Wildman–Crippen MR) is 92.1 cm³/mol. The smallest absolute Gasteiger partial charge is 0.161 e. The van der Waals surface area contributed by atoms with E-state index in [9.17, 15) is 0 Å². The van der Waals surface area contributed by atoms with Crippen LogP contribution in [0.25, 0.3) is 0 Å². The summed E-state index contributed by atoms with van der Waals surface area (Å²) in [5.74, 6) is 1.68. The van der Waals surface area contributed by atoms with Crippen molar-refractivity contribution in [3.8, 4) is 11.5 Å². The van der Waals surface area contributed by atoms with E-state index in [0.717, 1.165) is 18.0 Å². The third kappa shape index (κ3) is 3.16. The number of hydrogen-bond acceptors (Lipinski definition) is 3. The summed E-state index contributed by atoms with van der Waals surface area (Å²) in [7, 11) is 0. The molecular weight excluding hydrogens is 377 g/mol. The maximum absolute atomic E-state index is 5.70. The molecular formula is C17H18INO2. The maximum atomic E-state index is 5.70. The van der Waals surface area contributed by atoms with E-state index in [-0.39, 0.29) is 6.04 Å². The molecule has 0 radical (unpaired) electrons. The Bertz CT molecular complexity index is 630. The molecule has 0 aliphatic carbocycles. The second-order valence-electron chi connectivity index (χ2n) is 4.92. The van der Waals surface area contributed by atoms with Gasteiger partial charge < -0.3 is 14.8 Å². The van der Waals surface area contributed by atoms with Crippen LogP contribution in [0, 0.1) is 3.57 Å². The quantitative estimate of drug-likeness (QED) is 0.800. The van der Waals surface area contributed by atoms with Crippen molar-refractivity contribution in [2.45, 2.75) is 13.0 Å². The van der Waals surface area contributed by atoms with Crippen molar-refractivity contribution in [1.82, 2.24) is 5.32 Å². The fourth-order valence-electron chi connectivity index (χ4n) is 2.56. The van der Waals surface area contributed by atoms with Crippen molar-refractivity contribution >= 4 is 22.6 Å². The van der Waals surface area contributed by atoms with Crippen LogP contribution in [0.1, 0.15) is 24.1 Å². The molecule has 1 aliphatic heterocycles. The largest absolute Gasteiger partial charge is 0.486 e. The van der Waals surface area contributed by atoms with E-state index in [2.05, 4.69) is 71.2 Å². The van der Waals surface area contributed by atoms with Crippen molar-refractivity contribution in [2.75, 3.05) is 19.8 Å². The van der Waals surface area contributed by atoms with Gasteiger partial charge in [0, 0.05) is 3.57 Å². The lowest BCUT2D eigenvalue weighted by Gasteiger charge is -2.23. The highest BCUT2D eigenvalue weighted by Crippen LogP contribution is 2.35. The van der Waals surface area contributed by atoms with Crippen molar-refractivity contribution in [1.29, 1.82) is 0 Å². The molecule has 0 spiro atoms. The SMILES string of the molecule is CCNC(c1ccc2c(c1)OCCO2)c1ccccc1I. The average molecular weight is 395 g/mol. The highest BCUT2D eigenvalue weighted by Gasteiger charge is 2.19. The summed E-state index contributed by atoms with van der Waals surface area (Å²) in [6, 6.07) is 14.8. The monoisotopic (exact) mass is 395 g/mol. The molecule has 1 N–H and O–H groups in total. The summed E-state index contributed by atoms with van der Waals surface area (Å²) < 4.78 is 12.6. The first-order valence-electron chi connectivity index (χ1n) is 7.17. The zero-order valence-electron chi connectivity index (χ0n) is 11.9. The lowest BCUT2D eigenvalue weighted by atomic mass is 9.98. The van der Waals surface area contributed by atoms with Crippen LogP contribution >= 0.6 is 22.6 Å². The van der Waals surface area contributed by atoms with Crippen LogP contribution in [0.4, 0.5) is 0 Å². The third-order valence-corrected chi connectivity index (χ3v) is 4.51. The van der Waals surface area contributed by atoms with Gasteiger partial charge in [0.1, 0.15) is 13.2 Å². The summed E-state index contributed by atoms with van der Waals surface area (Å²) in [4.78, 5) is 0. The molecule has 0 saturated heterocycles. The Morgan fingerprint density at radius 3 is 2.62 bits per heavy atom. The van der Waals surface area contributed by atoms with Gasteiger partial charge in [-0.2, -0.15) is 0 Å². The molecule has 0 aromatic heterocycles. The second-order valence-corrected chi connectivity index (χ2v) is 6.08. The number of ether oxygens (including phenoxy) is 2. The number of fused-ring (bicyclic) bond motifs is 1. The normalized spacial score (nSPS) is 14.8. The standard InChI is InChI=1S/C17H18INO2/c1-2-19-17(13-5-3-4-6-14(13)18)12-7-8-15-16(11-12)21-10-9-20-15/h3-8,11,17,19H,2,9-10H2,1H3. The lowest BCUT2D eigenvalue weighted by Crippen LogP contribution is -2.23. The van der Waals surface area contributed by atoms with E-state index in [0.29, 0.717) is 13.2 Å². The Kier molecular flexibility index (Phi) is 4.65. The minimum Gasteiger partial charge on any atom is -0.486 e. The van der Waals surface area contributed by atoms with E-state index < -0.39 is 0 Å². The molecule has 3 rings (SSSR count). The fraction of sp³-hybridized carbons (Fsp3) is 0.294. The van der Waals surface area contributed by atoms with E-state index in [1.54, 1.807) is 0 Å². The second kappa shape index (κ2) is 6.66. The molecule has 110 valence electrons. The first kappa shape index (κ1) is 14.7. The highest BCUT2D eigenvalue weighted by molar-refractivity contribution is 14.1. The van der Waals surface area contributed by atoms with Crippen LogP contribution in [0.2, 0.25) is 0 Å². The van der Waals surface area contributed by atoms with Gasteiger partial charge in [-0.3, -0.25) is 0 Å². The van der Waals surface area contributed by atoms with Gasteiger partial charge in [-0.15, -0.1) is 0 Å². The minimum atomic E-state index is 0.166. The van der Waals surface area contributed by atoms with Crippen molar-refractivity contribution in [2.24, 2.45) is 0 Å². The molecule has 0 saturated carbocycles. The number of nitrogens with one attached hydrogen (secondary N) is 1. The highest BCUT2D eigenvalue weighted by atomic mass is 127. The predicted octanol–water partition coefficient (Wildman–Crippen LogP) is 3.76. The third-order valence-electron chi connectivity index (χ3n) is 3.52. The van der Waals surface area contributed by atoms with Gasteiger partial charge in [0.25, 0.3) is 0 Å². The molecule has 1 unspecified atom stereocenters. The first-order valence-corrected chi connectivity index (χ1v) is 8.25. The van der Waals surface area contributed by atoms with Crippen LogP contribution in [0.15, 0.2) is 42.5 Å². The Labute approximate surface area is 138 Å². The molecule has 1 heterocycles. The average Bonchev–Trinajstić information content (AvgIpc) is 2.53. The van der Waals surface area contributed by atoms with Crippen LogP contribution in [-0.2, 0) is 0 Å². The molecule has 1 atom stereocenters. The molecule has 4 heteroatoms. The van der Waals surface area contributed by atoms with Crippen LogP contribution < -0.4 is 14.8 Å². The summed E-state index contributed by atoms with van der Waals surface area (Å²) in [6.07, 6.45) is 0. The van der Waals surface area contributed by atoms with E-state index >= 15 is 0 Å². The minimum absolute atomic E-state index is 0.166. The Hall–Kier alpha value is -1.27. The first-order chi connectivity index (χ1) is 10.3. The van der Waals surface area contributed by atoms with Crippen molar-refractivity contribution in [3.05, 3.63) is 57.2 Å². The Balaban J connectivity index is 1.99. The fourth-order valence-corrected chi connectivity index (χ4v) is 3.26. The molecule has 0 bridgehead atoms. The number of benzene rings is 2. The van der Waals surface area contributed by atoms with Gasteiger partial charge in [-0.05, 0) is 58.5 Å². The van der Waals surface area contributed by atoms with Gasteiger partial charge in [0.2, 0.25) is 0 Å². The summed E-state index contributed by atoms with van der Waals surface area (Å²) in [5.41, 5.74) is 2.49. The van der Waals surface area contributed by atoms with Crippen LogP contribution in [0.3, 0.4) is 0 Å². The summed E-state index contributed by atoms with van der Waals surface area (Å²) >= 11 is 2.39. The Morgan fingerprint density at radius 1 is 1.10 bits per heavy atom. The topological polar surface area (TPSA) is 30.5 Å². The molecule has 0 amide bonds. The zero-order valence-corrected chi connectivity index (χ0v) is 14.1. The molecule has 1 aliphatic rings.